The van der Waals surface area contributed by atoms with Gasteiger partial charge in [-0.05, 0) is 23.6 Å². The lowest BCUT2D eigenvalue weighted by atomic mass is 10.1. The zero-order chi connectivity index (χ0) is 20.4. The summed E-state index contributed by atoms with van der Waals surface area (Å²) in [6.45, 7) is 0.264. The van der Waals surface area contributed by atoms with E-state index >= 15 is 0 Å². The number of carboxylic acids is 1. The Bertz CT molecular complexity index is 912. The van der Waals surface area contributed by atoms with Gasteiger partial charge < -0.3 is 10.4 Å². The fourth-order valence-corrected chi connectivity index (χ4v) is 3.43. The number of carboxylic acid groups (broad SMARTS) is 1. The van der Waals surface area contributed by atoms with Crippen molar-refractivity contribution in [3.63, 3.8) is 0 Å². The van der Waals surface area contributed by atoms with Crippen LogP contribution < -0.4 is 10.0 Å². The van der Waals surface area contributed by atoms with E-state index in [2.05, 4.69) is 10.0 Å². The molecule has 0 heterocycles. The molecule has 28 heavy (non-hydrogen) atoms. The summed E-state index contributed by atoms with van der Waals surface area (Å²) in [5.74, 6) is -1.96. The molecule has 0 aliphatic carbocycles. The summed E-state index contributed by atoms with van der Waals surface area (Å²) in [7, 11) is -4.00. The second-order valence-corrected chi connectivity index (χ2v) is 7.65. The molecule has 0 fully saturated rings. The molecule has 0 bridgehead atoms. The maximum atomic E-state index is 12.3. The number of benzene rings is 2. The number of rotatable bonds is 10. The Kier molecular flexibility index (Phi) is 7.91. The summed E-state index contributed by atoms with van der Waals surface area (Å²) < 4.78 is 26.6. The Morgan fingerprint density at radius 2 is 1.61 bits per heavy atom. The lowest BCUT2D eigenvalue weighted by Gasteiger charge is -2.15. The van der Waals surface area contributed by atoms with Crippen LogP contribution in [0.1, 0.15) is 17.5 Å². The second kappa shape index (κ2) is 10.4. The first-order chi connectivity index (χ1) is 13.4. The molecule has 1 atom stereocenters. The molecule has 2 aromatic carbocycles. The van der Waals surface area contributed by atoms with Gasteiger partial charge in [0.05, 0.1) is 6.42 Å². The molecule has 7 nitrogen and oxygen atoms in total. The fraction of sp³-hybridized carbons (Fsp3) is 0.200. The Balaban J connectivity index is 1.98. The number of nitrogens with one attached hydrogen (secondary N) is 2. The van der Waals surface area contributed by atoms with Gasteiger partial charge >= 0.3 is 5.97 Å². The van der Waals surface area contributed by atoms with Crippen LogP contribution in [0.15, 0.2) is 66.1 Å². The van der Waals surface area contributed by atoms with E-state index in [1.54, 1.807) is 30.3 Å². The molecule has 0 aromatic heterocycles. The Morgan fingerprint density at radius 3 is 2.21 bits per heavy atom. The minimum atomic E-state index is -4.00. The topological polar surface area (TPSA) is 113 Å². The van der Waals surface area contributed by atoms with E-state index in [9.17, 15) is 18.0 Å². The lowest BCUT2D eigenvalue weighted by Crippen LogP contribution is -2.47. The molecular weight excluding hydrogens is 380 g/mol. The summed E-state index contributed by atoms with van der Waals surface area (Å²) in [6, 6.07) is 16.8. The molecule has 0 saturated carbocycles. The molecule has 1 amide bonds. The number of hydrogen-bond acceptors (Lipinski definition) is 4. The van der Waals surface area contributed by atoms with Crippen LogP contribution in [-0.2, 0) is 26.0 Å². The highest BCUT2D eigenvalue weighted by Gasteiger charge is 2.25. The fourth-order valence-electron chi connectivity index (χ4n) is 2.43. The Morgan fingerprint density at radius 1 is 1.00 bits per heavy atom. The maximum absolute atomic E-state index is 12.3. The van der Waals surface area contributed by atoms with Gasteiger partial charge in [0.25, 0.3) is 0 Å². The van der Waals surface area contributed by atoms with E-state index in [4.69, 9.17) is 5.11 Å². The van der Waals surface area contributed by atoms with Crippen LogP contribution in [-0.4, -0.2) is 38.0 Å². The normalized spacial score (nSPS) is 12.6. The van der Waals surface area contributed by atoms with Crippen molar-refractivity contribution < 1.29 is 23.1 Å². The van der Waals surface area contributed by atoms with E-state index in [1.165, 1.54) is 6.08 Å². The Hall–Kier alpha value is -2.97. The molecule has 0 spiro atoms. The van der Waals surface area contributed by atoms with Crippen molar-refractivity contribution in [2.45, 2.75) is 18.9 Å². The van der Waals surface area contributed by atoms with Gasteiger partial charge in [0.1, 0.15) is 6.04 Å². The van der Waals surface area contributed by atoms with Crippen molar-refractivity contribution in [1.82, 2.24) is 10.0 Å². The van der Waals surface area contributed by atoms with E-state index < -0.39 is 34.4 Å². The predicted molar refractivity (Wildman–Crippen MR) is 107 cm³/mol. The van der Waals surface area contributed by atoms with Gasteiger partial charge in [-0.2, -0.15) is 4.72 Å². The SMILES string of the molecule is O=C(O)C[C@H](NS(=O)(=O)/C=C/c1ccccc1)C(=O)NCCc1ccccc1. The summed E-state index contributed by atoms with van der Waals surface area (Å²) in [4.78, 5) is 23.3. The predicted octanol–water partition coefficient (Wildman–Crippen LogP) is 1.78. The van der Waals surface area contributed by atoms with Crippen molar-refractivity contribution >= 4 is 28.0 Å². The molecule has 0 aliphatic rings. The van der Waals surface area contributed by atoms with Gasteiger partial charge in [0, 0.05) is 12.0 Å². The van der Waals surface area contributed by atoms with Crippen LogP contribution >= 0.6 is 0 Å². The highest BCUT2D eigenvalue weighted by atomic mass is 32.2. The van der Waals surface area contributed by atoms with E-state index in [0.717, 1.165) is 11.0 Å². The summed E-state index contributed by atoms with van der Waals surface area (Å²) >= 11 is 0. The third-order valence-electron chi connectivity index (χ3n) is 3.80. The van der Waals surface area contributed by atoms with Crippen LogP contribution in [0.25, 0.3) is 6.08 Å². The highest BCUT2D eigenvalue weighted by molar-refractivity contribution is 7.92. The van der Waals surface area contributed by atoms with Gasteiger partial charge in [-0.15, -0.1) is 0 Å². The number of sulfonamides is 1. The summed E-state index contributed by atoms with van der Waals surface area (Å²) in [5.41, 5.74) is 1.67. The van der Waals surface area contributed by atoms with E-state index in [1.807, 2.05) is 30.3 Å². The third kappa shape index (κ3) is 7.73. The van der Waals surface area contributed by atoms with Crippen molar-refractivity contribution in [2.24, 2.45) is 0 Å². The average Bonchev–Trinajstić information content (AvgIpc) is 2.67. The number of hydrogen-bond donors (Lipinski definition) is 3. The van der Waals surface area contributed by atoms with Crippen molar-refractivity contribution in [3.05, 3.63) is 77.2 Å². The third-order valence-corrected chi connectivity index (χ3v) is 4.90. The molecule has 0 saturated heterocycles. The average molecular weight is 402 g/mol. The Labute approximate surface area is 164 Å². The summed E-state index contributed by atoms with van der Waals surface area (Å²) in [5, 5.41) is 12.5. The zero-order valence-corrected chi connectivity index (χ0v) is 15.9. The first kappa shape index (κ1) is 21.3. The molecule has 0 aliphatic heterocycles. The van der Waals surface area contributed by atoms with Crippen LogP contribution in [0.3, 0.4) is 0 Å². The van der Waals surface area contributed by atoms with E-state index in [0.29, 0.717) is 12.0 Å². The van der Waals surface area contributed by atoms with Crippen molar-refractivity contribution in [2.75, 3.05) is 6.54 Å². The number of carbonyl (C=O) groups excluding carboxylic acids is 1. The van der Waals surface area contributed by atoms with Crippen LogP contribution in [0, 0.1) is 0 Å². The first-order valence-electron chi connectivity index (χ1n) is 8.64. The maximum Gasteiger partial charge on any atom is 0.305 e. The number of aliphatic carboxylic acids is 1. The van der Waals surface area contributed by atoms with Gasteiger partial charge in [-0.3, -0.25) is 9.59 Å². The number of amides is 1. The molecule has 3 N–H and O–H groups in total. The van der Waals surface area contributed by atoms with Gasteiger partial charge in [0.15, 0.2) is 0 Å². The standard InChI is InChI=1S/C20H22N2O5S/c23-19(24)15-18(20(25)21-13-11-16-7-3-1-4-8-16)22-28(26,27)14-12-17-9-5-2-6-10-17/h1-10,12,14,18,22H,11,13,15H2,(H,21,25)(H,23,24)/b14-12+/t18-/m0/s1. The van der Waals surface area contributed by atoms with Gasteiger partial charge in [0.2, 0.25) is 15.9 Å². The minimum Gasteiger partial charge on any atom is -0.481 e. The molecule has 2 rings (SSSR count). The van der Waals surface area contributed by atoms with Crippen LogP contribution in [0.5, 0.6) is 0 Å². The lowest BCUT2D eigenvalue weighted by molar-refractivity contribution is -0.139. The van der Waals surface area contributed by atoms with Gasteiger partial charge in [-0.1, -0.05) is 60.7 Å². The monoisotopic (exact) mass is 402 g/mol. The highest BCUT2D eigenvalue weighted by Crippen LogP contribution is 2.05. The van der Waals surface area contributed by atoms with Gasteiger partial charge in [-0.25, -0.2) is 8.42 Å². The molecule has 148 valence electrons. The zero-order valence-electron chi connectivity index (χ0n) is 15.1. The number of carbonyl (C=O) groups is 2. The second-order valence-electron chi connectivity index (χ2n) is 6.05. The van der Waals surface area contributed by atoms with Crippen LogP contribution in [0.4, 0.5) is 0 Å². The molecule has 0 unspecified atom stereocenters. The van der Waals surface area contributed by atoms with Crippen molar-refractivity contribution in [3.8, 4) is 0 Å². The van der Waals surface area contributed by atoms with Crippen LogP contribution in [0.2, 0.25) is 0 Å². The smallest absolute Gasteiger partial charge is 0.305 e. The minimum absolute atomic E-state index is 0.264. The first-order valence-corrected chi connectivity index (χ1v) is 10.2. The largest absolute Gasteiger partial charge is 0.481 e. The molecule has 2 aromatic rings. The molecule has 8 heteroatoms. The molecule has 0 radical (unpaired) electrons. The van der Waals surface area contributed by atoms with E-state index in [-0.39, 0.29) is 6.54 Å². The molecular formula is C20H22N2O5S. The summed E-state index contributed by atoms with van der Waals surface area (Å²) in [6.07, 6.45) is 1.26. The van der Waals surface area contributed by atoms with Crippen molar-refractivity contribution in [1.29, 1.82) is 0 Å². The quantitative estimate of drug-likeness (QED) is 0.561.